The molecule has 3 nitrogen and oxygen atoms in total. The monoisotopic (exact) mass is 227 g/mol. The molecule has 0 aromatic carbocycles. The van der Waals surface area contributed by atoms with Crippen molar-refractivity contribution < 1.29 is 0 Å². The summed E-state index contributed by atoms with van der Waals surface area (Å²) >= 11 is 1.89. The van der Waals surface area contributed by atoms with Crippen molar-refractivity contribution in [1.29, 1.82) is 0 Å². The molecule has 0 aliphatic rings. The zero-order valence-electron chi connectivity index (χ0n) is 10.1. The van der Waals surface area contributed by atoms with Crippen LogP contribution in [-0.4, -0.2) is 34.4 Å². The summed E-state index contributed by atoms with van der Waals surface area (Å²) in [5.74, 6) is 1.15. The van der Waals surface area contributed by atoms with Crippen molar-refractivity contribution in [1.82, 2.24) is 15.1 Å². The van der Waals surface area contributed by atoms with Crippen molar-refractivity contribution in [2.75, 3.05) is 18.6 Å². The van der Waals surface area contributed by atoms with Crippen molar-refractivity contribution in [2.24, 2.45) is 7.05 Å². The Kier molecular flexibility index (Phi) is 5.19. The Morgan fingerprint density at radius 1 is 1.60 bits per heavy atom. The number of nitrogens with zero attached hydrogens (tertiary/aromatic N) is 2. The maximum Gasteiger partial charge on any atom is 0.0596 e. The molecule has 0 saturated heterocycles. The van der Waals surface area contributed by atoms with Crippen LogP contribution in [0.4, 0.5) is 0 Å². The third kappa shape index (κ3) is 3.87. The van der Waals surface area contributed by atoms with Crippen LogP contribution in [0.5, 0.6) is 0 Å². The summed E-state index contributed by atoms with van der Waals surface area (Å²) in [5.41, 5.74) is 2.42. The average Bonchev–Trinajstić information content (AvgIpc) is 2.46. The van der Waals surface area contributed by atoms with Gasteiger partial charge in [-0.25, -0.2) is 0 Å². The van der Waals surface area contributed by atoms with Crippen LogP contribution in [0.2, 0.25) is 0 Å². The molecular formula is C11H21N3S. The van der Waals surface area contributed by atoms with Crippen LogP contribution in [0.25, 0.3) is 0 Å². The molecule has 0 radical (unpaired) electrons. The minimum absolute atomic E-state index is 0.555. The van der Waals surface area contributed by atoms with Gasteiger partial charge in [0.25, 0.3) is 0 Å². The Bertz CT molecular complexity index is 290. The summed E-state index contributed by atoms with van der Waals surface area (Å²) < 4.78 is 1.99. The van der Waals surface area contributed by atoms with Gasteiger partial charge in [0.15, 0.2) is 0 Å². The van der Waals surface area contributed by atoms with Gasteiger partial charge in [-0.2, -0.15) is 16.9 Å². The van der Waals surface area contributed by atoms with Gasteiger partial charge in [-0.3, -0.25) is 4.68 Å². The third-order valence-electron chi connectivity index (χ3n) is 2.42. The Balaban J connectivity index is 2.60. The van der Waals surface area contributed by atoms with Crippen LogP contribution < -0.4 is 5.32 Å². The summed E-state index contributed by atoms with van der Waals surface area (Å²) in [6.45, 7) is 5.23. The minimum atomic E-state index is 0.555. The van der Waals surface area contributed by atoms with Crippen molar-refractivity contribution in [3.8, 4) is 0 Å². The molecule has 1 heterocycles. The maximum atomic E-state index is 4.37. The SMILES string of the molecule is CCNC(CSC)Cc1cc(C)nn1C. The second-order valence-electron chi connectivity index (χ2n) is 3.81. The van der Waals surface area contributed by atoms with E-state index in [1.54, 1.807) is 0 Å². The Morgan fingerprint density at radius 3 is 2.80 bits per heavy atom. The minimum Gasteiger partial charge on any atom is -0.313 e. The number of aryl methyl sites for hydroxylation is 2. The lowest BCUT2D eigenvalue weighted by atomic mass is 10.1. The van der Waals surface area contributed by atoms with E-state index in [0.29, 0.717) is 6.04 Å². The summed E-state index contributed by atoms with van der Waals surface area (Å²) in [6.07, 6.45) is 3.21. The molecule has 0 fully saturated rings. The van der Waals surface area contributed by atoms with Gasteiger partial charge in [-0.05, 0) is 25.8 Å². The van der Waals surface area contributed by atoms with E-state index < -0.39 is 0 Å². The zero-order chi connectivity index (χ0) is 11.3. The molecule has 4 heteroatoms. The van der Waals surface area contributed by atoms with Crippen LogP contribution in [-0.2, 0) is 13.5 Å². The summed E-state index contributed by atoms with van der Waals surface area (Å²) in [6, 6.07) is 2.73. The molecule has 1 N–H and O–H groups in total. The molecule has 15 heavy (non-hydrogen) atoms. The van der Waals surface area contributed by atoms with Gasteiger partial charge >= 0.3 is 0 Å². The number of thioether (sulfide) groups is 1. The second-order valence-corrected chi connectivity index (χ2v) is 4.73. The largest absolute Gasteiger partial charge is 0.313 e. The molecular weight excluding hydrogens is 206 g/mol. The van der Waals surface area contributed by atoms with Crippen LogP contribution in [0.15, 0.2) is 6.07 Å². The molecule has 1 rings (SSSR count). The number of hydrogen-bond donors (Lipinski definition) is 1. The maximum absolute atomic E-state index is 4.37. The number of hydrogen-bond acceptors (Lipinski definition) is 3. The summed E-state index contributed by atoms with van der Waals surface area (Å²) in [4.78, 5) is 0. The smallest absolute Gasteiger partial charge is 0.0596 e. The molecule has 0 aliphatic heterocycles. The van der Waals surface area contributed by atoms with Gasteiger partial charge in [0.2, 0.25) is 0 Å². The quantitative estimate of drug-likeness (QED) is 0.801. The first-order chi connectivity index (χ1) is 7.17. The van der Waals surface area contributed by atoms with Gasteiger partial charge in [0.05, 0.1) is 5.69 Å². The average molecular weight is 227 g/mol. The highest BCUT2D eigenvalue weighted by Gasteiger charge is 2.10. The fourth-order valence-electron chi connectivity index (χ4n) is 1.79. The first-order valence-electron chi connectivity index (χ1n) is 5.39. The molecule has 1 atom stereocenters. The van der Waals surface area contributed by atoms with E-state index in [1.165, 1.54) is 5.69 Å². The van der Waals surface area contributed by atoms with Crippen molar-refractivity contribution in [2.45, 2.75) is 26.3 Å². The first kappa shape index (κ1) is 12.6. The molecule has 0 bridgehead atoms. The molecule has 0 saturated carbocycles. The van der Waals surface area contributed by atoms with Gasteiger partial charge in [0.1, 0.15) is 0 Å². The third-order valence-corrected chi connectivity index (χ3v) is 3.15. The molecule has 1 unspecified atom stereocenters. The lowest BCUT2D eigenvalue weighted by Gasteiger charge is -2.16. The van der Waals surface area contributed by atoms with E-state index in [0.717, 1.165) is 24.4 Å². The van der Waals surface area contributed by atoms with Crippen molar-refractivity contribution in [3.05, 3.63) is 17.5 Å². The molecule has 0 amide bonds. The van der Waals surface area contributed by atoms with Crippen LogP contribution >= 0.6 is 11.8 Å². The Labute approximate surface area is 96.6 Å². The predicted octanol–water partition coefficient (Wildman–Crippen LogP) is 1.61. The van der Waals surface area contributed by atoms with Gasteiger partial charge in [0, 0.05) is 31.0 Å². The normalized spacial score (nSPS) is 13.1. The lowest BCUT2D eigenvalue weighted by Crippen LogP contribution is -2.33. The van der Waals surface area contributed by atoms with E-state index in [9.17, 15) is 0 Å². The fraction of sp³-hybridized carbons (Fsp3) is 0.727. The second kappa shape index (κ2) is 6.18. The Hall–Kier alpha value is -0.480. The molecule has 0 aliphatic carbocycles. The van der Waals surface area contributed by atoms with Gasteiger partial charge < -0.3 is 5.32 Å². The number of rotatable bonds is 6. The van der Waals surface area contributed by atoms with Crippen molar-refractivity contribution in [3.63, 3.8) is 0 Å². The number of aromatic nitrogens is 2. The number of nitrogens with one attached hydrogen (secondary N) is 1. The fourth-order valence-corrected chi connectivity index (χ4v) is 2.43. The highest BCUT2D eigenvalue weighted by atomic mass is 32.2. The molecule has 0 spiro atoms. The van der Waals surface area contributed by atoms with E-state index in [1.807, 2.05) is 30.4 Å². The van der Waals surface area contributed by atoms with E-state index in [4.69, 9.17) is 0 Å². The van der Waals surface area contributed by atoms with Crippen LogP contribution in [0.3, 0.4) is 0 Å². The van der Waals surface area contributed by atoms with Crippen molar-refractivity contribution >= 4 is 11.8 Å². The molecule has 1 aromatic rings. The molecule has 86 valence electrons. The summed E-state index contributed by atoms with van der Waals surface area (Å²) in [7, 11) is 2.02. The first-order valence-corrected chi connectivity index (χ1v) is 6.78. The highest BCUT2D eigenvalue weighted by molar-refractivity contribution is 7.98. The van der Waals surface area contributed by atoms with Gasteiger partial charge in [-0.15, -0.1) is 0 Å². The predicted molar refractivity (Wildman–Crippen MR) is 67.5 cm³/mol. The van der Waals surface area contributed by atoms with Gasteiger partial charge in [-0.1, -0.05) is 6.92 Å². The van der Waals surface area contributed by atoms with Crippen LogP contribution in [0.1, 0.15) is 18.3 Å². The molecule has 1 aromatic heterocycles. The van der Waals surface area contributed by atoms with Crippen LogP contribution in [0, 0.1) is 6.92 Å². The topological polar surface area (TPSA) is 29.9 Å². The Morgan fingerprint density at radius 2 is 2.33 bits per heavy atom. The summed E-state index contributed by atoms with van der Waals surface area (Å²) in [5, 5.41) is 7.87. The lowest BCUT2D eigenvalue weighted by molar-refractivity contribution is 0.549. The van der Waals surface area contributed by atoms with E-state index in [-0.39, 0.29) is 0 Å². The van der Waals surface area contributed by atoms with E-state index >= 15 is 0 Å². The zero-order valence-corrected chi connectivity index (χ0v) is 10.9. The van der Waals surface area contributed by atoms with E-state index in [2.05, 4.69) is 29.7 Å². The highest BCUT2D eigenvalue weighted by Crippen LogP contribution is 2.08. The number of likely N-dealkylation sites (N-methyl/N-ethyl adjacent to an activating group) is 1. The standard InChI is InChI=1S/C11H21N3S/c1-5-12-10(8-15-4)7-11-6-9(2)13-14(11)3/h6,10,12H,5,7-8H2,1-4H3.